The first kappa shape index (κ1) is 25.1. The van der Waals surface area contributed by atoms with Crippen molar-refractivity contribution in [1.82, 2.24) is 10.3 Å². The van der Waals surface area contributed by atoms with Crippen LogP contribution in [-0.2, 0) is 10.4 Å². The summed E-state index contributed by atoms with van der Waals surface area (Å²) >= 11 is 11.8. The monoisotopic (exact) mass is 535 g/mol. The third kappa shape index (κ3) is 4.87. The minimum atomic E-state index is -4.92. The Morgan fingerprint density at radius 2 is 1.74 bits per heavy atom. The first-order valence-electron chi connectivity index (χ1n) is 9.82. The van der Waals surface area contributed by atoms with Crippen molar-refractivity contribution in [2.45, 2.75) is 24.4 Å². The lowest BCUT2D eigenvalue weighted by molar-refractivity contribution is -0.275. The smallest absolute Gasteiger partial charge is 0.374 e. The lowest BCUT2D eigenvalue weighted by Crippen LogP contribution is -2.42. The number of benzene rings is 2. The largest absolute Gasteiger partial charge is 0.435 e. The number of alkyl halides is 6. The van der Waals surface area contributed by atoms with E-state index in [9.17, 15) is 31.1 Å². The van der Waals surface area contributed by atoms with Gasteiger partial charge in [0.25, 0.3) is 11.5 Å². The Morgan fingerprint density at radius 3 is 2.37 bits per heavy atom. The predicted octanol–water partition coefficient (Wildman–Crippen LogP) is 6.42. The van der Waals surface area contributed by atoms with E-state index >= 15 is 0 Å². The predicted molar refractivity (Wildman–Crippen MR) is 117 cm³/mol. The number of aromatic nitrogens is 1. The molecule has 184 valence electrons. The molecule has 35 heavy (non-hydrogen) atoms. The summed E-state index contributed by atoms with van der Waals surface area (Å²) in [5.74, 6) is -1.04. The zero-order valence-electron chi connectivity index (χ0n) is 17.3. The van der Waals surface area contributed by atoms with E-state index in [-0.39, 0.29) is 43.4 Å². The van der Waals surface area contributed by atoms with Gasteiger partial charge in [-0.3, -0.25) is 9.78 Å². The number of hydrogen-bond acceptors (Lipinski definition) is 4. The van der Waals surface area contributed by atoms with Gasteiger partial charge >= 0.3 is 12.4 Å². The molecule has 2 aromatic carbocycles. The summed E-state index contributed by atoms with van der Waals surface area (Å²) < 4.78 is 80.3. The van der Waals surface area contributed by atoms with E-state index in [1.54, 1.807) is 5.32 Å². The van der Waals surface area contributed by atoms with Crippen LogP contribution in [0.5, 0.6) is 0 Å². The summed E-state index contributed by atoms with van der Waals surface area (Å²) in [5.41, 5.74) is -3.38. The van der Waals surface area contributed by atoms with E-state index in [2.05, 4.69) is 10.1 Å². The molecule has 0 bridgehead atoms. The average Bonchev–Trinajstić information content (AvgIpc) is 3.22. The Bertz CT molecular complexity index is 1320. The van der Waals surface area contributed by atoms with Gasteiger partial charge < -0.3 is 10.2 Å². The molecular formula is C22H13Cl2F6N3O2. The number of carbonyl (C=O) groups excluding carboxylic acids is 1. The van der Waals surface area contributed by atoms with Gasteiger partial charge in [0.15, 0.2) is 0 Å². The number of pyridine rings is 1. The molecule has 1 aliphatic heterocycles. The number of oxime groups is 1. The van der Waals surface area contributed by atoms with Crippen molar-refractivity contribution >= 4 is 45.7 Å². The van der Waals surface area contributed by atoms with Gasteiger partial charge in [-0.25, -0.2) is 0 Å². The molecule has 1 unspecified atom stereocenters. The van der Waals surface area contributed by atoms with Crippen molar-refractivity contribution in [2.75, 3.05) is 6.54 Å². The summed E-state index contributed by atoms with van der Waals surface area (Å²) in [6, 6.07) is 8.89. The summed E-state index contributed by atoms with van der Waals surface area (Å²) in [5, 5.41) is 5.59. The van der Waals surface area contributed by atoms with Crippen LogP contribution in [0, 0.1) is 0 Å². The third-order valence-corrected chi connectivity index (χ3v) is 5.73. The van der Waals surface area contributed by atoms with Crippen LogP contribution >= 0.6 is 23.2 Å². The van der Waals surface area contributed by atoms with E-state index in [0.29, 0.717) is 0 Å². The Kier molecular flexibility index (Phi) is 6.35. The molecule has 1 aromatic heterocycles. The number of amides is 1. The number of hydrogen-bond donors (Lipinski definition) is 1. The fraction of sp³-hybridized carbons (Fsp3) is 0.227. The van der Waals surface area contributed by atoms with Crippen LogP contribution < -0.4 is 5.32 Å². The first-order chi connectivity index (χ1) is 16.3. The zero-order chi connectivity index (χ0) is 25.6. The Balaban J connectivity index is 1.74. The van der Waals surface area contributed by atoms with Crippen LogP contribution in [0.2, 0.25) is 10.0 Å². The minimum absolute atomic E-state index is 0.0114. The Morgan fingerprint density at radius 1 is 1.06 bits per heavy atom. The van der Waals surface area contributed by atoms with Gasteiger partial charge in [0, 0.05) is 39.2 Å². The number of carbonyl (C=O) groups is 1. The van der Waals surface area contributed by atoms with E-state index in [1.807, 2.05) is 0 Å². The highest BCUT2D eigenvalue weighted by Gasteiger charge is 2.62. The Hall–Kier alpha value is -3.05. The van der Waals surface area contributed by atoms with Crippen molar-refractivity contribution in [3.63, 3.8) is 0 Å². The summed E-state index contributed by atoms with van der Waals surface area (Å²) in [7, 11) is 0. The minimum Gasteiger partial charge on any atom is -0.374 e. The van der Waals surface area contributed by atoms with Crippen molar-refractivity contribution < 1.29 is 36.0 Å². The average molecular weight is 536 g/mol. The quantitative estimate of drug-likeness (QED) is 0.392. The fourth-order valence-electron chi connectivity index (χ4n) is 3.72. The maximum Gasteiger partial charge on any atom is 0.435 e. The molecule has 1 N–H and O–H groups in total. The molecule has 1 aliphatic rings. The van der Waals surface area contributed by atoms with Gasteiger partial charge in [-0.05, 0) is 30.3 Å². The molecule has 0 saturated carbocycles. The molecule has 2 heterocycles. The lowest BCUT2D eigenvalue weighted by atomic mass is 9.86. The SMILES string of the molecule is O=C(NCC(F)(F)F)c1cccc2c(C3=NOC(c4cc(Cl)cc(Cl)c4)(C(F)(F)F)C3)ccnc12. The van der Waals surface area contributed by atoms with Gasteiger partial charge in [-0.15, -0.1) is 0 Å². The second-order valence-electron chi connectivity index (χ2n) is 7.65. The molecule has 1 amide bonds. The van der Waals surface area contributed by atoms with E-state index < -0.39 is 36.8 Å². The number of fused-ring (bicyclic) bond motifs is 1. The standard InChI is InChI=1S/C22H13Cl2F6N3O2/c23-12-6-11(7-13(24)8-12)20(22(28,29)30)9-17(33-35-20)14-4-5-31-18-15(14)2-1-3-16(18)19(34)32-10-21(25,26)27/h1-8H,9-10H2,(H,32,34). The molecule has 0 fully saturated rings. The van der Waals surface area contributed by atoms with Crippen LogP contribution in [0.3, 0.4) is 0 Å². The molecule has 4 rings (SSSR count). The van der Waals surface area contributed by atoms with E-state index in [4.69, 9.17) is 28.0 Å². The molecule has 5 nitrogen and oxygen atoms in total. The van der Waals surface area contributed by atoms with Gasteiger partial charge in [0.2, 0.25) is 0 Å². The van der Waals surface area contributed by atoms with Gasteiger partial charge in [-0.1, -0.05) is 40.5 Å². The third-order valence-electron chi connectivity index (χ3n) is 5.29. The topological polar surface area (TPSA) is 63.6 Å². The molecule has 3 aromatic rings. The van der Waals surface area contributed by atoms with Crippen molar-refractivity contribution in [1.29, 1.82) is 0 Å². The molecule has 0 aliphatic carbocycles. The van der Waals surface area contributed by atoms with Crippen LogP contribution in [0.1, 0.15) is 27.9 Å². The zero-order valence-corrected chi connectivity index (χ0v) is 18.8. The number of rotatable bonds is 4. The van der Waals surface area contributed by atoms with Gasteiger partial charge in [0.1, 0.15) is 6.54 Å². The number of para-hydroxylation sites is 1. The van der Waals surface area contributed by atoms with Crippen molar-refractivity contribution in [2.24, 2.45) is 5.16 Å². The molecule has 0 saturated heterocycles. The highest BCUT2D eigenvalue weighted by atomic mass is 35.5. The molecule has 0 spiro atoms. The van der Waals surface area contributed by atoms with Crippen LogP contribution in [-0.4, -0.2) is 35.5 Å². The number of nitrogens with zero attached hydrogens (tertiary/aromatic N) is 2. The molecule has 0 radical (unpaired) electrons. The fourth-order valence-corrected chi connectivity index (χ4v) is 4.25. The summed E-state index contributed by atoms with van der Waals surface area (Å²) in [4.78, 5) is 21.4. The normalized spacial score (nSPS) is 18.3. The lowest BCUT2D eigenvalue weighted by Gasteiger charge is -2.29. The highest BCUT2D eigenvalue weighted by Crippen LogP contribution is 2.50. The molecule has 13 heteroatoms. The van der Waals surface area contributed by atoms with Crippen LogP contribution in [0.15, 0.2) is 53.8 Å². The summed E-state index contributed by atoms with van der Waals surface area (Å²) in [6.45, 7) is -1.56. The Labute approximate surface area is 203 Å². The van der Waals surface area contributed by atoms with Gasteiger partial charge in [-0.2, -0.15) is 26.3 Å². The van der Waals surface area contributed by atoms with E-state index in [1.165, 1.54) is 36.5 Å². The highest BCUT2D eigenvalue weighted by molar-refractivity contribution is 6.34. The second-order valence-corrected chi connectivity index (χ2v) is 8.52. The van der Waals surface area contributed by atoms with Gasteiger partial charge in [0.05, 0.1) is 16.8 Å². The van der Waals surface area contributed by atoms with Crippen LogP contribution in [0.25, 0.3) is 10.9 Å². The maximum atomic E-state index is 14.3. The number of halogens is 8. The first-order valence-corrected chi connectivity index (χ1v) is 10.6. The van der Waals surface area contributed by atoms with E-state index in [0.717, 1.165) is 12.1 Å². The number of nitrogens with one attached hydrogen (secondary N) is 1. The second kappa shape index (κ2) is 8.87. The summed E-state index contributed by atoms with van der Waals surface area (Å²) in [6.07, 6.45) is -9.09. The maximum absolute atomic E-state index is 14.3. The van der Waals surface area contributed by atoms with Crippen LogP contribution in [0.4, 0.5) is 26.3 Å². The van der Waals surface area contributed by atoms with Crippen molar-refractivity contribution in [3.05, 3.63) is 75.4 Å². The molecule has 1 atom stereocenters. The molecular weight excluding hydrogens is 523 g/mol. The van der Waals surface area contributed by atoms with Crippen molar-refractivity contribution in [3.8, 4) is 0 Å².